The van der Waals surface area contributed by atoms with Gasteiger partial charge < -0.3 is 5.32 Å². The third-order valence-corrected chi connectivity index (χ3v) is 1.59. The number of carbonyl (C=O) groups is 1. The zero-order valence-corrected chi connectivity index (χ0v) is 7.68. The van der Waals surface area contributed by atoms with E-state index in [1.54, 1.807) is 0 Å². The van der Waals surface area contributed by atoms with E-state index in [4.69, 9.17) is 11.6 Å². The molecule has 1 N–H and O–H groups in total. The molecule has 5 heteroatoms. The molecular formula is C8H8ClFN2O. The summed E-state index contributed by atoms with van der Waals surface area (Å²) in [5.41, 5.74) is 0.0903. The Balaban J connectivity index is 2.75. The molecule has 0 bridgehead atoms. The first-order valence-corrected chi connectivity index (χ1v) is 4.09. The summed E-state index contributed by atoms with van der Waals surface area (Å²) in [6.07, 6.45) is 2.41. The van der Waals surface area contributed by atoms with E-state index in [0.717, 1.165) is 6.20 Å². The van der Waals surface area contributed by atoms with Crippen LogP contribution in [0.4, 0.5) is 10.1 Å². The third-order valence-electron chi connectivity index (χ3n) is 1.39. The number of carbonyl (C=O) groups excluding carboxylic acids is 1. The molecule has 0 fully saturated rings. The van der Waals surface area contributed by atoms with Gasteiger partial charge in [-0.3, -0.25) is 9.78 Å². The van der Waals surface area contributed by atoms with Gasteiger partial charge in [-0.1, -0.05) is 0 Å². The van der Waals surface area contributed by atoms with Crippen LogP contribution in [0.25, 0.3) is 0 Å². The summed E-state index contributed by atoms with van der Waals surface area (Å²) in [5.74, 6) is -1.01. The van der Waals surface area contributed by atoms with Crippen LogP contribution in [0.15, 0.2) is 18.5 Å². The molecule has 1 atom stereocenters. The molecule has 0 radical (unpaired) electrons. The molecule has 1 rings (SSSR count). The van der Waals surface area contributed by atoms with E-state index >= 15 is 0 Å². The molecule has 1 heterocycles. The van der Waals surface area contributed by atoms with Gasteiger partial charge in [-0.2, -0.15) is 0 Å². The number of hydrogen-bond donors (Lipinski definition) is 1. The molecule has 0 saturated carbocycles. The lowest BCUT2D eigenvalue weighted by Crippen LogP contribution is -2.20. The highest BCUT2D eigenvalue weighted by molar-refractivity contribution is 6.32. The molecule has 1 unspecified atom stereocenters. The van der Waals surface area contributed by atoms with Crippen LogP contribution < -0.4 is 5.32 Å². The maximum absolute atomic E-state index is 12.9. The SMILES string of the molecule is CC(Cl)C(=O)Nc1ccncc1F. The molecule has 1 aromatic rings. The maximum atomic E-state index is 12.9. The molecule has 0 aliphatic heterocycles. The first kappa shape index (κ1) is 9.92. The van der Waals surface area contributed by atoms with Crippen molar-refractivity contribution in [2.24, 2.45) is 0 Å². The minimum Gasteiger partial charge on any atom is -0.322 e. The van der Waals surface area contributed by atoms with Crippen LogP contribution in [-0.2, 0) is 4.79 Å². The zero-order chi connectivity index (χ0) is 9.84. The van der Waals surface area contributed by atoms with Crippen molar-refractivity contribution in [1.29, 1.82) is 0 Å². The summed E-state index contributed by atoms with van der Waals surface area (Å²) in [5, 5.41) is 1.64. The molecule has 0 aliphatic rings. The number of pyridine rings is 1. The van der Waals surface area contributed by atoms with Gasteiger partial charge in [-0.15, -0.1) is 11.6 Å². The third kappa shape index (κ3) is 2.66. The Bertz CT molecular complexity index is 317. The molecular weight excluding hydrogens is 195 g/mol. The molecule has 3 nitrogen and oxygen atoms in total. The van der Waals surface area contributed by atoms with Crippen molar-refractivity contribution in [2.75, 3.05) is 5.32 Å². The fraction of sp³-hybridized carbons (Fsp3) is 0.250. The van der Waals surface area contributed by atoms with Crippen LogP contribution in [-0.4, -0.2) is 16.3 Å². The first-order chi connectivity index (χ1) is 6.11. The lowest BCUT2D eigenvalue weighted by atomic mass is 10.3. The number of alkyl halides is 1. The number of hydrogen-bond acceptors (Lipinski definition) is 2. The van der Waals surface area contributed by atoms with Crippen LogP contribution in [0.3, 0.4) is 0 Å². The molecule has 1 amide bonds. The Morgan fingerprint density at radius 3 is 3.00 bits per heavy atom. The van der Waals surface area contributed by atoms with Crippen LogP contribution in [0.2, 0.25) is 0 Å². The number of halogens is 2. The van der Waals surface area contributed by atoms with E-state index in [9.17, 15) is 9.18 Å². The number of aromatic nitrogens is 1. The summed E-state index contributed by atoms with van der Waals surface area (Å²) in [7, 11) is 0. The molecule has 0 saturated heterocycles. The second-order valence-electron chi connectivity index (χ2n) is 2.46. The van der Waals surface area contributed by atoms with E-state index in [0.29, 0.717) is 0 Å². The maximum Gasteiger partial charge on any atom is 0.242 e. The summed E-state index contributed by atoms with van der Waals surface area (Å²) in [6.45, 7) is 1.51. The van der Waals surface area contributed by atoms with Gasteiger partial charge >= 0.3 is 0 Å². The van der Waals surface area contributed by atoms with E-state index in [1.807, 2.05) is 0 Å². The van der Waals surface area contributed by atoms with E-state index < -0.39 is 17.1 Å². The van der Waals surface area contributed by atoms with Gasteiger partial charge in [0.2, 0.25) is 5.91 Å². The van der Waals surface area contributed by atoms with Crippen LogP contribution in [0.1, 0.15) is 6.92 Å². The van der Waals surface area contributed by atoms with Crippen molar-refractivity contribution in [3.63, 3.8) is 0 Å². The number of nitrogens with zero attached hydrogens (tertiary/aromatic N) is 1. The number of anilines is 1. The normalized spacial score (nSPS) is 12.2. The summed E-state index contributed by atoms with van der Waals surface area (Å²) < 4.78 is 12.9. The minimum absolute atomic E-state index is 0.0903. The van der Waals surface area contributed by atoms with Crippen LogP contribution >= 0.6 is 11.6 Å². The van der Waals surface area contributed by atoms with Crippen molar-refractivity contribution in [3.05, 3.63) is 24.3 Å². The molecule has 70 valence electrons. The quantitative estimate of drug-likeness (QED) is 0.743. The fourth-order valence-corrected chi connectivity index (χ4v) is 0.763. The van der Waals surface area contributed by atoms with Gasteiger partial charge in [0, 0.05) is 6.20 Å². The van der Waals surface area contributed by atoms with Crippen molar-refractivity contribution in [1.82, 2.24) is 4.98 Å². The highest BCUT2D eigenvalue weighted by Crippen LogP contribution is 2.11. The van der Waals surface area contributed by atoms with Crippen molar-refractivity contribution >= 4 is 23.2 Å². The average Bonchev–Trinajstić information content (AvgIpc) is 2.08. The highest BCUT2D eigenvalue weighted by Gasteiger charge is 2.11. The minimum atomic E-state index is -0.687. The topological polar surface area (TPSA) is 42.0 Å². The molecule has 0 aromatic carbocycles. The lowest BCUT2D eigenvalue weighted by Gasteiger charge is -2.06. The van der Waals surface area contributed by atoms with Crippen LogP contribution in [0.5, 0.6) is 0 Å². The molecule has 0 aliphatic carbocycles. The lowest BCUT2D eigenvalue weighted by molar-refractivity contribution is -0.115. The zero-order valence-electron chi connectivity index (χ0n) is 6.92. The predicted octanol–water partition coefficient (Wildman–Crippen LogP) is 1.79. The Labute approximate surface area is 79.9 Å². The number of nitrogens with one attached hydrogen (secondary N) is 1. The smallest absolute Gasteiger partial charge is 0.242 e. The second-order valence-corrected chi connectivity index (χ2v) is 3.12. The van der Waals surface area contributed by atoms with Crippen molar-refractivity contribution in [3.8, 4) is 0 Å². The van der Waals surface area contributed by atoms with Gasteiger partial charge in [-0.25, -0.2) is 4.39 Å². The Morgan fingerprint density at radius 2 is 2.46 bits per heavy atom. The molecule has 13 heavy (non-hydrogen) atoms. The van der Waals surface area contributed by atoms with Gasteiger partial charge in [0.25, 0.3) is 0 Å². The van der Waals surface area contributed by atoms with Crippen molar-refractivity contribution < 1.29 is 9.18 Å². The van der Waals surface area contributed by atoms with E-state index in [2.05, 4.69) is 10.3 Å². The van der Waals surface area contributed by atoms with Gasteiger partial charge in [0.1, 0.15) is 5.38 Å². The molecule has 0 spiro atoms. The molecule has 1 aromatic heterocycles. The standard InChI is InChI=1S/C8H8ClFN2O/c1-5(9)8(13)12-7-2-3-11-4-6(7)10/h2-5H,1H3,(H,11,12,13). The van der Waals surface area contributed by atoms with E-state index in [1.165, 1.54) is 19.2 Å². The van der Waals surface area contributed by atoms with E-state index in [-0.39, 0.29) is 5.69 Å². The largest absolute Gasteiger partial charge is 0.322 e. The monoisotopic (exact) mass is 202 g/mol. The highest BCUT2D eigenvalue weighted by atomic mass is 35.5. The fourth-order valence-electron chi connectivity index (χ4n) is 0.709. The Kier molecular flexibility index (Phi) is 3.19. The van der Waals surface area contributed by atoms with Gasteiger partial charge in [0.05, 0.1) is 11.9 Å². The summed E-state index contributed by atoms with van der Waals surface area (Å²) in [4.78, 5) is 14.6. The van der Waals surface area contributed by atoms with Crippen LogP contribution in [0, 0.1) is 5.82 Å². The van der Waals surface area contributed by atoms with Gasteiger partial charge in [0.15, 0.2) is 5.82 Å². The number of rotatable bonds is 2. The summed E-state index contributed by atoms with van der Waals surface area (Å²) in [6, 6.07) is 1.37. The van der Waals surface area contributed by atoms with Crippen molar-refractivity contribution in [2.45, 2.75) is 12.3 Å². The first-order valence-electron chi connectivity index (χ1n) is 3.65. The average molecular weight is 203 g/mol. The Morgan fingerprint density at radius 1 is 1.77 bits per heavy atom. The van der Waals surface area contributed by atoms with Gasteiger partial charge in [-0.05, 0) is 13.0 Å². The number of amides is 1. The predicted molar refractivity (Wildman–Crippen MR) is 48.1 cm³/mol. The Hall–Kier alpha value is -1.16. The summed E-state index contributed by atoms with van der Waals surface area (Å²) >= 11 is 5.48. The second kappa shape index (κ2) is 4.18.